The highest BCUT2D eigenvalue weighted by atomic mass is 16.1. The number of fused-ring (bicyclic) bond motifs is 1. The number of nitrogens with two attached hydrogens (primary N) is 1. The SMILES string of the molecule is NCc1cc(=O)c2cc(-n3cc(-c4ccccc4)cn3)ccc2[nH]1. The maximum Gasteiger partial charge on any atom is 0.189 e. The van der Waals surface area contributed by atoms with E-state index < -0.39 is 0 Å². The highest BCUT2D eigenvalue weighted by Crippen LogP contribution is 2.21. The molecule has 0 aliphatic rings. The summed E-state index contributed by atoms with van der Waals surface area (Å²) in [4.78, 5) is 15.4. The molecule has 24 heavy (non-hydrogen) atoms. The van der Waals surface area contributed by atoms with E-state index in [0.717, 1.165) is 28.0 Å². The average molecular weight is 316 g/mol. The minimum atomic E-state index is -0.0403. The number of aromatic amines is 1. The van der Waals surface area contributed by atoms with E-state index in [1.165, 1.54) is 0 Å². The van der Waals surface area contributed by atoms with Crippen LogP contribution < -0.4 is 11.2 Å². The van der Waals surface area contributed by atoms with Crippen LogP contribution in [0.4, 0.5) is 0 Å². The van der Waals surface area contributed by atoms with Crippen molar-refractivity contribution in [2.45, 2.75) is 6.54 Å². The Balaban J connectivity index is 1.79. The van der Waals surface area contributed by atoms with Gasteiger partial charge in [0.2, 0.25) is 0 Å². The minimum absolute atomic E-state index is 0.0403. The lowest BCUT2D eigenvalue weighted by Crippen LogP contribution is -2.09. The zero-order valence-corrected chi connectivity index (χ0v) is 12.9. The van der Waals surface area contributed by atoms with Crippen LogP contribution in [0.25, 0.3) is 27.7 Å². The number of benzene rings is 2. The van der Waals surface area contributed by atoms with Crippen LogP contribution in [0.3, 0.4) is 0 Å². The fraction of sp³-hybridized carbons (Fsp3) is 0.0526. The van der Waals surface area contributed by atoms with Crippen LogP contribution in [0.15, 0.2) is 71.8 Å². The van der Waals surface area contributed by atoms with E-state index in [2.05, 4.69) is 10.1 Å². The van der Waals surface area contributed by atoms with Crippen molar-refractivity contribution in [1.29, 1.82) is 0 Å². The number of hydrogen-bond acceptors (Lipinski definition) is 3. The summed E-state index contributed by atoms with van der Waals surface area (Å²) in [7, 11) is 0. The van der Waals surface area contributed by atoms with Gasteiger partial charge in [0.25, 0.3) is 0 Å². The number of pyridine rings is 1. The van der Waals surface area contributed by atoms with Gasteiger partial charge >= 0.3 is 0 Å². The molecule has 4 aromatic rings. The summed E-state index contributed by atoms with van der Waals surface area (Å²) in [5, 5.41) is 5.04. The second-order valence-electron chi connectivity index (χ2n) is 5.63. The number of nitrogens with zero attached hydrogens (tertiary/aromatic N) is 2. The molecule has 0 aliphatic carbocycles. The molecule has 2 aromatic heterocycles. The molecule has 0 aliphatic heterocycles. The molecule has 118 valence electrons. The molecule has 0 fully saturated rings. The zero-order valence-electron chi connectivity index (χ0n) is 12.9. The van der Waals surface area contributed by atoms with Gasteiger partial charge in [-0.2, -0.15) is 5.10 Å². The molecule has 4 rings (SSSR count). The largest absolute Gasteiger partial charge is 0.357 e. The van der Waals surface area contributed by atoms with Gasteiger partial charge in [-0.1, -0.05) is 30.3 Å². The van der Waals surface area contributed by atoms with Crippen LogP contribution >= 0.6 is 0 Å². The first-order valence-corrected chi connectivity index (χ1v) is 7.71. The van der Waals surface area contributed by atoms with E-state index in [1.54, 1.807) is 10.7 Å². The Morgan fingerprint density at radius 3 is 2.67 bits per heavy atom. The normalized spacial score (nSPS) is 11.0. The fourth-order valence-electron chi connectivity index (χ4n) is 2.79. The molecule has 0 saturated carbocycles. The molecule has 0 radical (unpaired) electrons. The first-order valence-electron chi connectivity index (χ1n) is 7.71. The van der Waals surface area contributed by atoms with Crippen molar-refractivity contribution in [1.82, 2.24) is 14.8 Å². The lowest BCUT2D eigenvalue weighted by Gasteiger charge is -2.05. The third-order valence-electron chi connectivity index (χ3n) is 4.04. The molecule has 0 spiro atoms. The fourth-order valence-corrected chi connectivity index (χ4v) is 2.79. The summed E-state index contributed by atoms with van der Waals surface area (Å²) in [5.74, 6) is 0. The smallest absolute Gasteiger partial charge is 0.189 e. The summed E-state index contributed by atoms with van der Waals surface area (Å²) in [6.45, 7) is 0.312. The van der Waals surface area contributed by atoms with E-state index in [0.29, 0.717) is 11.9 Å². The molecule has 5 heteroatoms. The average Bonchev–Trinajstić information content (AvgIpc) is 3.12. The van der Waals surface area contributed by atoms with Crippen molar-refractivity contribution in [3.8, 4) is 16.8 Å². The van der Waals surface area contributed by atoms with E-state index in [4.69, 9.17) is 5.73 Å². The molecule has 0 atom stereocenters. The number of hydrogen-bond donors (Lipinski definition) is 2. The van der Waals surface area contributed by atoms with Crippen molar-refractivity contribution in [2.24, 2.45) is 5.73 Å². The Morgan fingerprint density at radius 1 is 1.04 bits per heavy atom. The third kappa shape index (κ3) is 2.51. The van der Waals surface area contributed by atoms with Crippen molar-refractivity contribution in [3.05, 3.63) is 82.9 Å². The van der Waals surface area contributed by atoms with Gasteiger partial charge in [0, 0.05) is 41.0 Å². The number of nitrogens with one attached hydrogen (secondary N) is 1. The van der Waals surface area contributed by atoms with Crippen molar-refractivity contribution < 1.29 is 0 Å². The predicted octanol–water partition coefficient (Wildman–Crippen LogP) is 2.84. The third-order valence-corrected chi connectivity index (χ3v) is 4.04. The van der Waals surface area contributed by atoms with Gasteiger partial charge < -0.3 is 10.7 Å². The van der Waals surface area contributed by atoms with E-state index in [9.17, 15) is 4.79 Å². The van der Waals surface area contributed by atoms with E-state index >= 15 is 0 Å². The van der Waals surface area contributed by atoms with Gasteiger partial charge in [0.1, 0.15) is 0 Å². The van der Waals surface area contributed by atoms with Crippen LogP contribution in [0.1, 0.15) is 5.69 Å². The molecule has 0 unspecified atom stereocenters. The van der Waals surface area contributed by atoms with Gasteiger partial charge in [-0.3, -0.25) is 4.79 Å². The monoisotopic (exact) mass is 316 g/mol. The summed E-state index contributed by atoms with van der Waals surface area (Å²) in [6, 6.07) is 17.3. The summed E-state index contributed by atoms with van der Waals surface area (Å²) < 4.78 is 1.78. The molecule has 2 heterocycles. The number of aromatic nitrogens is 3. The van der Waals surface area contributed by atoms with Crippen molar-refractivity contribution >= 4 is 10.9 Å². The zero-order chi connectivity index (χ0) is 16.5. The second kappa shape index (κ2) is 5.79. The molecule has 0 bridgehead atoms. The Bertz CT molecular complexity index is 1060. The number of H-pyrrole nitrogens is 1. The van der Waals surface area contributed by atoms with Crippen LogP contribution in [-0.4, -0.2) is 14.8 Å². The second-order valence-corrected chi connectivity index (χ2v) is 5.63. The topological polar surface area (TPSA) is 76.7 Å². The standard InChI is InChI=1S/C19H16N4O/c20-10-15-8-19(24)17-9-16(6-7-18(17)22-15)23-12-14(11-21-23)13-4-2-1-3-5-13/h1-9,11-12H,10,20H2,(H,22,24). The highest BCUT2D eigenvalue weighted by Gasteiger charge is 2.06. The van der Waals surface area contributed by atoms with Gasteiger partial charge in [-0.15, -0.1) is 0 Å². The van der Waals surface area contributed by atoms with Crippen LogP contribution in [-0.2, 0) is 6.54 Å². The molecular weight excluding hydrogens is 300 g/mol. The molecular formula is C19H16N4O. The van der Waals surface area contributed by atoms with E-state index in [1.807, 2.05) is 60.9 Å². The molecule has 3 N–H and O–H groups in total. The van der Waals surface area contributed by atoms with Crippen LogP contribution in [0, 0.1) is 0 Å². The molecule has 0 amide bonds. The van der Waals surface area contributed by atoms with Crippen molar-refractivity contribution in [2.75, 3.05) is 0 Å². The summed E-state index contributed by atoms with van der Waals surface area (Å²) in [6.07, 6.45) is 3.78. The molecule has 2 aromatic carbocycles. The van der Waals surface area contributed by atoms with E-state index in [-0.39, 0.29) is 5.43 Å². The first kappa shape index (κ1) is 14.4. The van der Waals surface area contributed by atoms with Crippen LogP contribution in [0.5, 0.6) is 0 Å². The Labute approximate surface area is 138 Å². The maximum absolute atomic E-state index is 12.3. The van der Waals surface area contributed by atoms with Crippen LogP contribution in [0.2, 0.25) is 0 Å². The quantitative estimate of drug-likeness (QED) is 0.610. The Kier molecular flexibility index (Phi) is 3.48. The highest BCUT2D eigenvalue weighted by molar-refractivity contribution is 5.81. The summed E-state index contributed by atoms with van der Waals surface area (Å²) in [5.41, 5.74) is 10.1. The minimum Gasteiger partial charge on any atom is -0.357 e. The van der Waals surface area contributed by atoms with Gasteiger partial charge in [-0.25, -0.2) is 4.68 Å². The van der Waals surface area contributed by atoms with Gasteiger partial charge in [-0.05, 0) is 23.8 Å². The van der Waals surface area contributed by atoms with Crippen molar-refractivity contribution in [3.63, 3.8) is 0 Å². The lowest BCUT2D eigenvalue weighted by atomic mass is 10.1. The van der Waals surface area contributed by atoms with Gasteiger partial charge in [0.05, 0.1) is 11.9 Å². The Morgan fingerprint density at radius 2 is 1.88 bits per heavy atom. The predicted molar refractivity (Wildman–Crippen MR) is 95.0 cm³/mol. The lowest BCUT2D eigenvalue weighted by molar-refractivity contribution is 0.881. The summed E-state index contributed by atoms with van der Waals surface area (Å²) >= 11 is 0. The maximum atomic E-state index is 12.3. The Hall–Kier alpha value is -3.18. The first-order chi connectivity index (χ1) is 11.7. The van der Waals surface area contributed by atoms with Gasteiger partial charge in [0.15, 0.2) is 5.43 Å². The molecule has 0 saturated heterocycles. The number of rotatable bonds is 3. The molecule has 5 nitrogen and oxygen atoms in total.